The largest absolute Gasteiger partial charge is 0.468 e. The Morgan fingerprint density at radius 2 is 2.06 bits per heavy atom. The summed E-state index contributed by atoms with van der Waals surface area (Å²) in [7, 11) is 1.35. The molecule has 164 valence electrons. The number of ether oxygens (including phenoxy) is 5. The van der Waals surface area contributed by atoms with Gasteiger partial charge >= 0.3 is 5.97 Å². The first-order chi connectivity index (χ1) is 16.2. The zero-order valence-electron chi connectivity index (χ0n) is 17.8. The molecule has 2 heterocycles. The second-order valence-corrected chi connectivity index (χ2v) is 8.05. The monoisotopic (exact) mass is 441 g/mol. The standard InChI is InChI=1S/C26H19NO6/c1-29-25(28)24-17(10-11-27)23-16(15-8-9-20-21(12-15)31-13-30-20)4-2-5-18(23)26-19(24)6-3-7-22(26)32-14-33-26/h2-9,12,17H,10,13-14H2,1H3. The van der Waals surface area contributed by atoms with Crippen molar-refractivity contribution in [1.29, 1.82) is 5.26 Å². The highest BCUT2D eigenvalue weighted by Gasteiger charge is 2.55. The zero-order valence-corrected chi connectivity index (χ0v) is 17.8. The van der Waals surface area contributed by atoms with Gasteiger partial charge in [-0.25, -0.2) is 4.79 Å². The summed E-state index contributed by atoms with van der Waals surface area (Å²) in [5, 5.41) is 9.74. The van der Waals surface area contributed by atoms with Gasteiger partial charge in [0.05, 0.1) is 18.8 Å². The predicted octanol–water partition coefficient (Wildman–Crippen LogP) is 4.22. The zero-order chi connectivity index (χ0) is 22.6. The maximum atomic E-state index is 13.1. The van der Waals surface area contributed by atoms with E-state index in [1.807, 2.05) is 54.6 Å². The molecule has 7 heteroatoms. The Hall–Kier alpha value is -4.02. The fourth-order valence-electron chi connectivity index (χ4n) is 5.27. The Morgan fingerprint density at radius 1 is 1.18 bits per heavy atom. The number of esters is 1. The van der Waals surface area contributed by atoms with Crippen LogP contribution in [0.15, 0.2) is 71.5 Å². The maximum Gasteiger partial charge on any atom is 0.334 e. The van der Waals surface area contributed by atoms with E-state index in [1.54, 1.807) is 0 Å². The van der Waals surface area contributed by atoms with Gasteiger partial charge in [0, 0.05) is 23.5 Å². The van der Waals surface area contributed by atoms with Crippen LogP contribution in [0.2, 0.25) is 0 Å². The van der Waals surface area contributed by atoms with Crippen molar-refractivity contribution in [3.8, 4) is 28.7 Å². The molecular weight excluding hydrogens is 422 g/mol. The number of hydrogen-bond donors (Lipinski definition) is 0. The van der Waals surface area contributed by atoms with Crippen molar-refractivity contribution in [1.82, 2.24) is 0 Å². The number of allylic oxidation sites excluding steroid dienone is 2. The van der Waals surface area contributed by atoms with Crippen molar-refractivity contribution in [2.45, 2.75) is 17.9 Å². The molecule has 2 aliphatic carbocycles. The molecule has 6 rings (SSSR count). The molecule has 0 amide bonds. The number of carbonyl (C=O) groups excluding carboxylic acids is 1. The highest BCUT2D eigenvalue weighted by Crippen LogP contribution is 2.58. The summed E-state index contributed by atoms with van der Waals surface area (Å²) in [6, 6.07) is 13.9. The average Bonchev–Trinajstić information content (AvgIpc) is 3.50. The number of carbonyl (C=O) groups is 1. The highest BCUT2D eigenvalue weighted by molar-refractivity contribution is 5.95. The third-order valence-electron chi connectivity index (χ3n) is 6.58. The Labute approximate surface area is 190 Å². The van der Waals surface area contributed by atoms with E-state index in [4.69, 9.17) is 23.7 Å². The van der Waals surface area contributed by atoms with Crippen molar-refractivity contribution < 1.29 is 28.5 Å². The van der Waals surface area contributed by atoms with Crippen LogP contribution in [0.3, 0.4) is 0 Å². The third kappa shape index (κ3) is 2.62. The van der Waals surface area contributed by atoms with E-state index in [0.29, 0.717) is 28.4 Å². The van der Waals surface area contributed by atoms with Crippen LogP contribution in [0.1, 0.15) is 23.5 Å². The fraction of sp³-hybridized carbons (Fsp3) is 0.231. The second-order valence-electron chi connectivity index (χ2n) is 8.05. The third-order valence-corrected chi connectivity index (χ3v) is 6.58. The Morgan fingerprint density at radius 3 is 2.91 bits per heavy atom. The van der Waals surface area contributed by atoms with Crippen LogP contribution in [0, 0.1) is 11.3 Å². The van der Waals surface area contributed by atoms with Gasteiger partial charge in [0.2, 0.25) is 6.79 Å². The maximum absolute atomic E-state index is 13.1. The molecule has 0 aromatic heterocycles. The van der Waals surface area contributed by atoms with Crippen LogP contribution in [-0.2, 0) is 24.6 Å². The first-order valence-corrected chi connectivity index (χ1v) is 10.6. The van der Waals surface area contributed by atoms with E-state index in [2.05, 4.69) is 6.07 Å². The molecule has 4 aliphatic rings. The van der Waals surface area contributed by atoms with Crippen LogP contribution >= 0.6 is 0 Å². The predicted molar refractivity (Wildman–Crippen MR) is 116 cm³/mol. The van der Waals surface area contributed by atoms with Gasteiger partial charge < -0.3 is 23.7 Å². The summed E-state index contributed by atoms with van der Waals surface area (Å²) >= 11 is 0. The smallest absolute Gasteiger partial charge is 0.334 e. The Kier molecular flexibility index (Phi) is 4.32. The van der Waals surface area contributed by atoms with Crippen molar-refractivity contribution in [3.05, 3.63) is 82.7 Å². The SMILES string of the molecule is COC(=O)C1=C2C=CC=C3OCOC32c2cccc(-c3ccc4c(c3)OCO4)c2C1CC#N. The molecule has 7 nitrogen and oxygen atoms in total. The van der Waals surface area contributed by atoms with Crippen LogP contribution in [0.5, 0.6) is 11.5 Å². The molecule has 1 saturated heterocycles. The van der Waals surface area contributed by atoms with Gasteiger partial charge in [-0.15, -0.1) is 0 Å². The quantitative estimate of drug-likeness (QED) is 0.659. The van der Waals surface area contributed by atoms with E-state index in [9.17, 15) is 10.1 Å². The minimum Gasteiger partial charge on any atom is -0.468 e. The van der Waals surface area contributed by atoms with Gasteiger partial charge in [-0.2, -0.15) is 5.26 Å². The van der Waals surface area contributed by atoms with Gasteiger partial charge in [0.25, 0.3) is 0 Å². The Balaban J connectivity index is 1.67. The number of hydrogen-bond acceptors (Lipinski definition) is 7. The summed E-state index contributed by atoms with van der Waals surface area (Å²) in [5.41, 5.74) is 3.46. The van der Waals surface area contributed by atoms with Gasteiger partial charge in [-0.1, -0.05) is 36.4 Å². The molecule has 2 unspecified atom stereocenters. The summed E-state index contributed by atoms with van der Waals surface area (Å²) in [4.78, 5) is 13.1. The Bertz CT molecular complexity index is 1330. The molecule has 1 spiro atoms. The number of nitrogens with zero attached hydrogens (tertiary/aromatic N) is 1. The van der Waals surface area contributed by atoms with E-state index in [0.717, 1.165) is 22.3 Å². The van der Waals surface area contributed by atoms with Gasteiger partial charge in [-0.05, 0) is 34.9 Å². The van der Waals surface area contributed by atoms with Crippen molar-refractivity contribution in [2.24, 2.45) is 0 Å². The molecule has 2 atom stereocenters. The van der Waals surface area contributed by atoms with Crippen LogP contribution in [0.25, 0.3) is 11.1 Å². The summed E-state index contributed by atoms with van der Waals surface area (Å²) < 4.78 is 28.3. The first kappa shape index (κ1) is 19.6. The lowest BCUT2D eigenvalue weighted by Crippen LogP contribution is -2.39. The topological polar surface area (TPSA) is 87.0 Å². The normalized spacial score (nSPS) is 23.6. The van der Waals surface area contributed by atoms with E-state index in [1.165, 1.54) is 7.11 Å². The lowest BCUT2D eigenvalue weighted by Gasteiger charge is -2.41. The first-order valence-electron chi connectivity index (χ1n) is 10.6. The molecule has 0 bridgehead atoms. The van der Waals surface area contributed by atoms with Gasteiger partial charge in [-0.3, -0.25) is 0 Å². The fourth-order valence-corrected chi connectivity index (χ4v) is 5.27. The molecule has 1 fully saturated rings. The minimum atomic E-state index is -1.06. The number of benzene rings is 2. The van der Waals surface area contributed by atoms with Crippen molar-refractivity contribution in [2.75, 3.05) is 20.7 Å². The van der Waals surface area contributed by atoms with Crippen LogP contribution < -0.4 is 9.47 Å². The minimum absolute atomic E-state index is 0.0576. The lowest BCUT2D eigenvalue weighted by atomic mass is 9.65. The van der Waals surface area contributed by atoms with E-state index >= 15 is 0 Å². The number of methoxy groups -OCH3 is 1. The summed E-state index contributed by atoms with van der Waals surface area (Å²) in [6.45, 7) is 0.234. The van der Waals surface area contributed by atoms with E-state index < -0.39 is 17.5 Å². The molecule has 2 aromatic rings. The molecule has 2 aromatic carbocycles. The molecule has 0 saturated carbocycles. The van der Waals surface area contributed by atoms with Gasteiger partial charge in [0.1, 0.15) is 5.76 Å². The van der Waals surface area contributed by atoms with Gasteiger partial charge in [0.15, 0.2) is 23.9 Å². The average molecular weight is 441 g/mol. The second kappa shape index (κ2) is 7.26. The number of fused-ring (bicyclic) bond motifs is 2. The lowest BCUT2D eigenvalue weighted by molar-refractivity contribution is -0.136. The molecule has 0 radical (unpaired) electrons. The highest BCUT2D eigenvalue weighted by atomic mass is 16.7. The van der Waals surface area contributed by atoms with Crippen molar-refractivity contribution >= 4 is 5.97 Å². The van der Waals surface area contributed by atoms with Crippen LogP contribution in [0.4, 0.5) is 0 Å². The summed E-state index contributed by atoms with van der Waals surface area (Å²) in [5.74, 6) is 0.955. The van der Waals surface area contributed by atoms with Crippen LogP contribution in [-0.4, -0.2) is 26.7 Å². The van der Waals surface area contributed by atoms with E-state index in [-0.39, 0.29) is 20.0 Å². The molecule has 33 heavy (non-hydrogen) atoms. The molecule has 2 aliphatic heterocycles. The number of rotatable bonds is 3. The molecular formula is C26H19NO6. The number of nitriles is 1. The molecule has 0 N–H and O–H groups in total. The summed E-state index contributed by atoms with van der Waals surface area (Å²) in [6.07, 6.45) is 5.64. The van der Waals surface area contributed by atoms with Crippen molar-refractivity contribution in [3.63, 3.8) is 0 Å².